The van der Waals surface area contributed by atoms with E-state index in [9.17, 15) is 4.21 Å². The van der Waals surface area contributed by atoms with Crippen LogP contribution in [0.15, 0.2) is 0 Å². The Balaban J connectivity index is 2.68. The Bertz CT molecular complexity index is 172. The van der Waals surface area contributed by atoms with Crippen molar-refractivity contribution in [3.63, 3.8) is 0 Å². The van der Waals surface area contributed by atoms with Crippen LogP contribution in [0.1, 0.15) is 20.3 Å². The van der Waals surface area contributed by atoms with E-state index in [4.69, 9.17) is 4.84 Å². The first kappa shape index (κ1) is 6.92. The highest BCUT2D eigenvalue weighted by atomic mass is 32.1. The Hall–Kier alpha value is -0.190. The molecule has 0 aromatic heterocycles. The molecule has 0 unspecified atom stereocenters. The average Bonchev–Trinajstić information content (AvgIpc) is 2.10. The number of hydrogen-bond donors (Lipinski definition) is 1. The van der Waals surface area contributed by atoms with Crippen LogP contribution in [0, 0.1) is 0 Å². The van der Waals surface area contributed by atoms with E-state index in [0.717, 1.165) is 0 Å². The van der Waals surface area contributed by atoms with Gasteiger partial charge in [0.25, 0.3) is 0 Å². The minimum absolute atomic E-state index is 0.202. The second-order valence-electron chi connectivity index (χ2n) is 2.65. The van der Waals surface area contributed by atoms with E-state index >= 15 is 0 Å². The maximum Gasteiger partial charge on any atom is 0.113 e. The van der Waals surface area contributed by atoms with Crippen LogP contribution in [-0.2, 0) is 16.1 Å². The molecule has 1 aliphatic rings. The lowest BCUT2D eigenvalue weighted by Crippen LogP contribution is -2.19. The molecule has 0 aromatic carbocycles. The summed E-state index contributed by atoms with van der Waals surface area (Å²) >= 11 is 0.465. The van der Waals surface area contributed by atoms with Crippen LogP contribution in [0.3, 0.4) is 0 Å². The molecule has 1 fully saturated rings. The van der Waals surface area contributed by atoms with E-state index in [0.29, 0.717) is 22.7 Å². The van der Waals surface area contributed by atoms with E-state index in [1.54, 1.807) is 0 Å². The van der Waals surface area contributed by atoms with Crippen LogP contribution in [-0.4, -0.2) is 14.8 Å². The summed E-state index contributed by atoms with van der Waals surface area (Å²) in [7, 11) is 0. The minimum Gasteiger partial charge on any atom is -0.290 e. The summed E-state index contributed by atoms with van der Waals surface area (Å²) in [5.41, 5.74) is 2.36. The first-order chi connectivity index (χ1) is 4.14. The van der Waals surface area contributed by atoms with Crippen LogP contribution in [0.2, 0.25) is 0 Å². The van der Waals surface area contributed by atoms with Crippen molar-refractivity contribution >= 4 is 16.2 Å². The highest BCUT2D eigenvalue weighted by Crippen LogP contribution is 2.17. The number of rotatable bonds is 0. The molecule has 4 heteroatoms. The van der Waals surface area contributed by atoms with Gasteiger partial charge in [0, 0.05) is 6.42 Å². The molecule has 0 amide bonds. The van der Waals surface area contributed by atoms with Gasteiger partial charge in [-0.05, 0) is 13.8 Å². The molecule has 0 aliphatic carbocycles. The van der Waals surface area contributed by atoms with Gasteiger partial charge >= 0.3 is 0 Å². The van der Waals surface area contributed by atoms with Crippen molar-refractivity contribution in [2.45, 2.75) is 25.9 Å². The number of nitrogens with one attached hydrogen (secondary N) is 1. The zero-order valence-corrected chi connectivity index (χ0v) is 6.25. The summed E-state index contributed by atoms with van der Waals surface area (Å²) < 4.78 is 10.2. The lowest BCUT2D eigenvalue weighted by molar-refractivity contribution is -0.0198. The van der Waals surface area contributed by atoms with Gasteiger partial charge in [-0.15, -0.1) is 0 Å². The van der Waals surface area contributed by atoms with Gasteiger partial charge in [0.2, 0.25) is 0 Å². The SMILES string of the molecule is CC1(C)CC(=S=O)NO1. The topological polar surface area (TPSA) is 38.3 Å². The van der Waals surface area contributed by atoms with Crippen LogP contribution >= 0.6 is 0 Å². The lowest BCUT2D eigenvalue weighted by Gasteiger charge is -2.11. The van der Waals surface area contributed by atoms with Crippen LogP contribution < -0.4 is 5.48 Å². The normalized spacial score (nSPS) is 24.4. The maximum atomic E-state index is 10.2. The molecule has 52 valence electrons. The highest BCUT2D eigenvalue weighted by Gasteiger charge is 2.28. The lowest BCUT2D eigenvalue weighted by atomic mass is 10.1. The molecule has 0 atom stereocenters. The fourth-order valence-electron chi connectivity index (χ4n) is 0.700. The summed E-state index contributed by atoms with van der Waals surface area (Å²) in [6, 6.07) is 0. The van der Waals surface area contributed by atoms with Crippen molar-refractivity contribution in [3.05, 3.63) is 0 Å². The molecule has 9 heavy (non-hydrogen) atoms. The van der Waals surface area contributed by atoms with Crippen LogP contribution in [0.4, 0.5) is 0 Å². The zero-order valence-electron chi connectivity index (χ0n) is 5.43. The first-order valence-corrected chi connectivity index (χ1v) is 3.48. The summed E-state index contributed by atoms with van der Waals surface area (Å²) in [6.45, 7) is 3.87. The third kappa shape index (κ3) is 1.61. The van der Waals surface area contributed by atoms with Gasteiger partial charge in [0.15, 0.2) is 0 Å². The number of hydroxylamine groups is 1. The molecule has 1 saturated heterocycles. The summed E-state index contributed by atoms with van der Waals surface area (Å²) in [5, 5.41) is 0. The third-order valence-electron chi connectivity index (χ3n) is 1.13. The molecule has 0 saturated carbocycles. The zero-order chi connectivity index (χ0) is 6.91. The Morgan fingerprint density at radius 1 is 1.78 bits per heavy atom. The maximum absolute atomic E-state index is 10.2. The van der Waals surface area contributed by atoms with Crippen molar-refractivity contribution in [2.75, 3.05) is 0 Å². The van der Waals surface area contributed by atoms with Crippen molar-refractivity contribution in [1.29, 1.82) is 0 Å². The van der Waals surface area contributed by atoms with Gasteiger partial charge in [-0.1, -0.05) is 0 Å². The predicted molar refractivity (Wildman–Crippen MR) is 36.1 cm³/mol. The second kappa shape index (κ2) is 2.21. The molecule has 0 spiro atoms. The molecule has 1 rings (SSSR count). The molecule has 3 nitrogen and oxygen atoms in total. The molecule has 0 aromatic rings. The van der Waals surface area contributed by atoms with Gasteiger partial charge in [-0.3, -0.25) is 4.84 Å². The fraction of sp³-hybridized carbons (Fsp3) is 0.800. The van der Waals surface area contributed by atoms with Crippen molar-refractivity contribution in [2.24, 2.45) is 0 Å². The second-order valence-corrected chi connectivity index (χ2v) is 3.31. The van der Waals surface area contributed by atoms with Gasteiger partial charge < -0.3 is 0 Å². The monoisotopic (exact) mass is 147 g/mol. The summed E-state index contributed by atoms with van der Waals surface area (Å²) in [4.78, 5) is 5.70. The quantitative estimate of drug-likeness (QED) is 0.491. The average molecular weight is 147 g/mol. The van der Waals surface area contributed by atoms with Crippen molar-refractivity contribution < 1.29 is 9.05 Å². The molecular formula is C5H9NO2S. The number of hydrogen-bond acceptors (Lipinski definition) is 2. The van der Waals surface area contributed by atoms with Gasteiger partial charge in [-0.25, -0.2) is 4.21 Å². The van der Waals surface area contributed by atoms with E-state index in [1.807, 2.05) is 13.8 Å². The van der Waals surface area contributed by atoms with Gasteiger partial charge in [0.1, 0.15) is 16.2 Å². The molecule has 1 heterocycles. The van der Waals surface area contributed by atoms with E-state index < -0.39 is 0 Å². The fourth-order valence-corrected chi connectivity index (χ4v) is 1.18. The first-order valence-electron chi connectivity index (χ1n) is 2.74. The van der Waals surface area contributed by atoms with E-state index in [2.05, 4.69) is 5.48 Å². The van der Waals surface area contributed by atoms with Crippen LogP contribution in [0.5, 0.6) is 0 Å². The van der Waals surface area contributed by atoms with Crippen molar-refractivity contribution in [1.82, 2.24) is 5.48 Å². The Kier molecular flexibility index (Phi) is 1.70. The van der Waals surface area contributed by atoms with Crippen molar-refractivity contribution in [3.8, 4) is 0 Å². The van der Waals surface area contributed by atoms with Gasteiger partial charge in [-0.2, -0.15) is 5.48 Å². The highest BCUT2D eigenvalue weighted by molar-refractivity contribution is 7.66. The molecule has 0 radical (unpaired) electrons. The summed E-state index contributed by atoms with van der Waals surface area (Å²) in [6.07, 6.45) is 0.696. The Labute approximate surface area is 57.4 Å². The molecule has 1 N–H and O–H groups in total. The third-order valence-corrected chi connectivity index (χ3v) is 1.56. The molecular weight excluding hydrogens is 138 g/mol. The van der Waals surface area contributed by atoms with Gasteiger partial charge in [0.05, 0.1) is 5.60 Å². The predicted octanol–water partition coefficient (Wildman–Crippen LogP) is 0.0328. The van der Waals surface area contributed by atoms with Crippen LogP contribution in [0.25, 0.3) is 0 Å². The minimum atomic E-state index is -0.202. The Morgan fingerprint density at radius 2 is 2.44 bits per heavy atom. The van der Waals surface area contributed by atoms with E-state index in [1.165, 1.54) is 0 Å². The molecule has 0 bridgehead atoms. The Morgan fingerprint density at radius 3 is 2.67 bits per heavy atom. The largest absolute Gasteiger partial charge is 0.290 e. The smallest absolute Gasteiger partial charge is 0.113 e. The molecule has 1 aliphatic heterocycles. The summed E-state index contributed by atoms with van der Waals surface area (Å²) in [5.74, 6) is 0. The standard InChI is InChI=1S/C5H9NO2S/c1-5(2)3-4(9-7)6-8-5/h6H,3H2,1-2H3. The van der Waals surface area contributed by atoms with E-state index in [-0.39, 0.29) is 5.60 Å².